The molecule has 0 fully saturated rings. The minimum atomic E-state index is -0.181. The Bertz CT molecular complexity index is 514. The van der Waals surface area contributed by atoms with Gasteiger partial charge in [-0.3, -0.25) is 9.59 Å². The number of unbranched alkanes of at least 4 members (excludes halogenated alkanes) is 3. The second kappa shape index (κ2) is 10.4. The zero-order valence-electron chi connectivity index (χ0n) is 13.7. The van der Waals surface area contributed by atoms with Crippen molar-refractivity contribution in [1.82, 2.24) is 9.55 Å². The molecule has 1 heterocycles. The van der Waals surface area contributed by atoms with E-state index in [0.29, 0.717) is 6.61 Å². The third kappa shape index (κ3) is 7.11. The van der Waals surface area contributed by atoms with Gasteiger partial charge in [0.15, 0.2) is 5.16 Å². The molecule has 0 aliphatic rings. The van der Waals surface area contributed by atoms with E-state index in [0.717, 1.165) is 43.1 Å². The number of thioether (sulfide) groups is 1. The van der Waals surface area contributed by atoms with Gasteiger partial charge in [0.2, 0.25) is 0 Å². The topological polar surface area (TPSA) is 61.2 Å². The third-order valence-electron chi connectivity index (χ3n) is 3.13. The Hall–Kier alpha value is -1.30. The number of ether oxygens (including phenoxy) is 1. The molecule has 0 saturated carbocycles. The SMILES string of the molecule is CCSc1nc(=O)ccn1CCCCCCOC(=O)C(C)C. The highest BCUT2D eigenvalue weighted by Gasteiger charge is 2.07. The van der Waals surface area contributed by atoms with E-state index in [1.54, 1.807) is 11.8 Å². The Kier molecular flexibility index (Phi) is 8.89. The van der Waals surface area contributed by atoms with Crippen LogP contribution in [-0.2, 0) is 16.1 Å². The molecule has 1 aromatic heterocycles. The third-order valence-corrected chi connectivity index (χ3v) is 4.00. The summed E-state index contributed by atoms with van der Waals surface area (Å²) >= 11 is 1.59. The number of nitrogens with zero attached hydrogens (tertiary/aromatic N) is 2. The fourth-order valence-electron chi connectivity index (χ4n) is 1.90. The predicted octanol–water partition coefficient (Wildman–Crippen LogP) is 3.11. The molecule has 0 bridgehead atoms. The second-order valence-corrected chi connectivity index (χ2v) is 6.64. The summed E-state index contributed by atoms with van der Waals surface area (Å²) in [4.78, 5) is 26.6. The largest absolute Gasteiger partial charge is 0.465 e. The quantitative estimate of drug-likeness (QED) is 0.286. The highest BCUT2D eigenvalue weighted by atomic mass is 32.2. The molecular weight excluding hydrogens is 300 g/mol. The molecule has 0 radical (unpaired) electrons. The minimum Gasteiger partial charge on any atom is -0.465 e. The van der Waals surface area contributed by atoms with Crippen molar-refractivity contribution in [3.05, 3.63) is 22.6 Å². The summed E-state index contributed by atoms with van der Waals surface area (Å²) in [6.45, 7) is 7.10. The van der Waals surface area contributed by atoms with Crippen LogP contribution >= 0.6 is 11.8 Å². The van der Waals surface area contributed by atoms with E-state index in [4.69, 9.17) is 4.74 Å². The van der Waals surface area contributed by atoms with Gasteiger partial charge in [-0.15, -0.1) is 0 Å². The number of rotatable bonds is 10. The average molecular weight is 326 g/mol. The lowest BCUT2D eigenvalue weighted by Gasteiger charge is -2.11. The van der Waals surface area contributed by atoms with Gasteiger partial charge in [-0.1, -0.05) is 39.0 Å². The van der Waals surface area contributed by atoms with E-state index in [1.807, 2.05) is 31.5 Å². The molecule has 0 spiro atoms. The number of aromatic nitrogens is 2. The molecule has 0 aliphatic heterocycles. The zero-order valence-corrected chi connectivity index (χ0v) is 14.5. The lowest BCUT2D eigenvalue weighted by Crippen LogP contribution is -2.13. The number of esters is 1. The van der Waals surface area contributed by atoms with Crippen LogP contribution in [0.1, 0.15) is 46.5 Å². The van der Waals surface area contributed by atoms with E-state index < -0.39 is 0 Å². The molecule has 0 unspecified atom stereocenters. The minimum absolute atomic E-state index is 0.0534. The van der Waals surface area contributed by atoms with Crippen molar-refractivity contribution in [3.8, 4) is 0 Å². The molecule has 0 aromatic carbocycles. The normalized spacial score (nSPS) is 10.9. The van der Waals surface area contributed by atoms with Gasteiger partial charge in [-0.25, -0.2) is 0 Å². The van der Waals surface area contributed by atoms with Gasteiger partial charge in [0.1, 0.15) is 0 Å². The van der Waals surface area contributed by atoms with Crippen LogP contribution < -0.4 is 5.56 Å². The Morgan fingerprint density at radius 3 is 2.73 bits per heavy atom. The standard InChI is InChI=1S/C16H26N2O3S/c1-4-22-16-17-14(19)9-11-18(16)10-7-5-6-8-12-21-15(20)13(2)3/h9,11,13H,4-8,10,12H2,1-3H3. The van der Waals surface area contributed by atoms with Crippen molar-refractivity contribution in [2.24, 2.45) is 5.92 Å². The fraction of sp³-hybridized carbons (Fsp3) is 0.688. The van der Waals surface area contributed by atoms with Crippen LogP contribution in [0, 0.1) is 5.92 Å². The number of hydrogen-bond acceptors (Lipinski definition) is 5. The number of aryl methyl sites for hydroxylation is 1. The lowest BCUT2D eigenvalue weighted by molar-refractivity contribution is -0.147. The Labute approximate surface area is 136 Å². The average Bonchev–Trinajstić information content (AvgIpc) is 2.48. The van der Waals surface area contributed by atoms with Crippen LogP contribution in [0.5, 0.6) is 0 Å². The molecule has 22 heavy (non-hydrogen) atoms. The Morgan fingerprint density at radius 2 is 2.05 bits per heavy atom. The van der Waals surface area contributed by atoms with Crippen molar-refractivity contribution in [2.45, 2.75) is 58.2 Å². The number of hydrogen-bond donors (Lipinski definition) is 0. The summed E-state index contributed by atoms with van der Waals surface area (Å²) in [7, 11) is 0. The van der Waals surface area contributed by atoms with Crippen LogP contribution in [0.3, 0.4) is 0 Å². The number of carbonyl (C=O) groups excluding carboxylic acids is 1. The van der Waals surface area contributed by atoms with Gasteiger partial charge in [0.05, 0.1) is 12.5 Å². The van der Waals surface area contributed by atoms with E-state index in [9.17, 15) is 9.59 Å². The first-order chi connectivity index (χ1) is 10.5. The van der Waals surface area contributed by atoms with E-state index in [1.165, 1.54) is 6.07 Å². The summed E-state index contributed by atoms with van der Waals surface area (Å²) in [5.74, 6) is 0.723. The first-order valence-electron chi connectivity index (χ1n) is 7.91. The summed E-state index contributed by atoms with van der Waals surface area (Å²) in [6, 6.07) is 1.51. The van der Waals surface area contributed by atoms with E-state index in [2.05, 4.69) is 4.98 Å². The van der Waals surface area contributed by atoms with E-state index in [-0.39, 0.29) is 17.4 Å². The van der Waals surface area contributed by atoms with Crippen molar-refractivity contribution in [3.63, 3.8) is 0 Å². The van der Waals surface area contributed by atoms with Crippen LogP contribution in [0.25, 0.3) is 0 Å². The lowest BCUT2D eigenvalue weighted by atomic mass is 10.2. The smallest absolute Gasteiger partial charge is 0.308 e. The first-order valence-corrected chi connectivity index (χ1v) is 8.90. The zero-order chi connectivity index (χ0) is 16.4. The first kappa shape index (κ1) is 18.7. The highest BCUT2D eigenvalue weighted by molar-refractivity contribution is 7.99. The fourth-order valence-corrected chi connectivity index (χ4v) is 2.64. The van der Waals surface area contributed by atoms with Crippen molar-refractivity contribution in [2.75, 3.05) is 12.4 Å². The van der Waals surface area contributed by atoms with Crippen LogP contribution in [0.2, 0.25) is 0 Å². The summed E-state index contributed by atoms with van der Waals surface area (Å²) in [5.41, 5.74) is -0.181. The van der Waals surface area contributed by atoms with Crippen molar-refractivity contribution in [1.29, 1.82) is 0 Å². The number of carbonyl (C=O) groups is 1. The van der Waals surface area contributed by atoms with Crippen LogP contribution in [-0.4, -0.2) is 27.9 Å². The molecule has 0 atom stereocenters. The molecule has 1 aromatic rings. The molecule has 5 nitrogen and oxygen atoms in total. The summed E-state index contributed by atoms with van der Waals surface area (Å²) in [5, 5.41) is 0.792. The van der Waals surface area contributed by atoms with E-state index >= 15 is 0 Å². The summed E-state index contributed by atoms with van der Waals surface area (Å²) < 4.78 is 7.18. The van der Waals surface area contributed by atoms with Crippen LogP contribution in [0.15, 0.2) is 22.2 Å². The Balaban J connectivity index is 2.22. The maximum atomic E-state index is 11.3. The monoisotopic (exact) mass is 326 g/mol. The summed E-state index contributed by atoms with van der Waals surface area (Å²) in [6.07, 6.45) is 5.85. The van der Waals surface area contributed by atoms with Gasteiger partial charge < -0.3 is 9.30 Å². The Morgan fingerprint density at radius 1 is 1.32 bits per heavy atom. The van der Waals surface area contributed by atoms with Gasteiger partial charge in [-0.2, -0.15) is 4.98 Å². The molecule has 1 rings (SSSR count). The molecule has 0 amide bonds. The van der Waals surface area contributed by atoms with Crippen LogP contribution in [0.4, 0.5) is 0 Å². The van der Waals surface area contributed by atoms with Gasteiger partial charge in [0, 0.05) is 18.8 Å². The highest BCUT2D eigenvalue weighted by Crippen LogP contribution is 2.14. The van der Waals surface area contributed by atoms with Gasteiger partial charge >= 0.3 is 5.97 Å². The maximum absolute atomic E-state index is 11.3. The van der Waals surface area contributed by atoms with Crippen molar-refractivity contribution < 1.29 is 9.53 Å². The second-order valence-electron chi connectivity index (χ2n) is 5.41. The molecular formula is C16H26N2O3S. The molecule has 124 valence electrons. The molecule has 0 saturated heterocycles. The molecule has 0 aliphatic carbocycles. The van der Waals surface area contributed by atoms with Crippen molar-refractivity contribution >= 4 is 17.7 Å². The predicted molar refractivity (Wildman–Crippen MR) is 89.2 cm³/mol. The van der Waals surface area contributed by atoms with Gasteiger partial charge in [-0.05, 0) is 25.0 Å². The van der Waals surface area contributed by atoms with Gasteiger partial charge in [0.25, 0.3) is 5.56 Å². The molecule has 0 N–H and O–H groups in total. The maximum Gasteiger partial charge on any atom is 0.308 e. The molecule has 6 heteroatoms.